The summed E-state index contributed by atoms with van der Waals surface area (Å²) in [6.07, 6.45) is 12.5. The summed E-state index contributed by atoms with van der Waals surface area (Å²) < 4.78 is 2.33. The second-order valence-electron chi connectivity index (χ2n) is 10.2. The van der Waals surface area contributed by atoms with E-state index in [1.54, 1.807) is 11.3 Å². The molecule has 2 fully saturated rings. The highest BCUT2D eigenvalue weighted by atomic mass is 15.4. The summed E-state index contributed by atoms with van der Waals surface area (Å²) in [5.74, 6) is 9.31. The normalized spacial score (nSPS) is 20.3. The molecule has 4 aromatic rings. The van der Waals surface area contributed by atoms with E-state index < -0.39 is 0 Å². The minimum Gasteiger partial charge on any atom is -0.370 e. The van der Waals surface area contributed by atoms with E-state index in [4.69, 9.17) is 10.8 Å². The van der Waals surface area contributed by atoms with Crippen molar-refractivity contribution in [1.82, 2.24) is 19.5 Å². The number of anilines is 2. The van der Waals surface area contributed by atoms with Gasteiger partial charge in [-0.2, -0.15) is 0 Å². The lowest BCUT2D eigenvalue weighted by molar-refractivity contribution is 0.461. The molecular formula is C27H33N7. The van der Waals surface area contributed by atoms with Gasteiger partial charge in [0.1, 0.15) is 17.8 Å². The number of fused-ring (bicyclic) bond motifs is 2. The number of hydrazine groups is 1. The van der Waals surface area contributed by atoms with Crippen molar-refractivity contribution in [1.29, 1.82) is 0 Å². The van der Waals surface area contributed by atoms with E-state index in [0.29, 0.717) is 6.04 Å². The lowest BCUT2D eigenvalue weighted by atomic mass is 9.97. The van der Waals surface area contributed by atoms with E-state index in [1.165, 1.54) is 49.5 Å². The van der Waals surface area contributed by atoms with Crippen LogP contribution in [0.4, 0.5) is 11.6 Å². The molecule has 34 heavy (non-hydrogen) atoms. The molecule has 3 aromatic heterocycles. The zero-order chi connectivity index (χ0) is 23.1. The van der Waals surface area contributed by atoms with E-state index in [0.717, 1.165) is 53.0 Å². The van der Waals surface area contributed by atoms with Gasteiger partial charge in [0.25, 0.3) is 0 Å². The first-order valence-electron chi connectivity index (χ1n) is 12.6. The van der Waals surface area contributed by atoms with Gasteiger partial charge in [-0.15, -0.1) is 0 Å². The van der Waals surface area contributed by atoms with Crippen LogP contribution in [0, 0.1) is 11.8 Å². The number of hydrogen-bond donors (Lipinski definition) is 2. The Morgan fingerprint density at radius 1 is 1.06 bits per heavy atom. The van der Waals surface area contributed by atoms with E-state index >= 15 is 0 Å². The Hall–Kier alpha value is -3.19. The van der Waals surface area contributed by atoms with Crippen LogP contribution in [0.25, 0.3) is 21.9 Å². The number of rotatable bonds is 8. The van der Waals surface area contributed by atoms with Gasteiger partial charge in [0.15, 0.2) is 5.82 Å². The maximum atomic E-state index is 5.96. The lowest BCUT2D eigenvalue weighted by Crippen LogP contribution is -2.26. The van der Waals surface area contributed by atoms with E-state index in [2.05, 4.69) is 62.4 Å². The molecule has 0 bridgehead atoms. The molecule has 176 valence electrons. The maximum absolute atomic E-state index is 5.96. The third-order valence-corrected chi connectivity index (χ3v) is 7.60. The van der Waals surface area contributed by atoms with Crippen LogP contribution in [0.15, 0.2) is 48.9 Å². The Bertz CT molecular complexity index is 1310. The van der Waals surface area contributed by atoms with Crippen LogP contribution in [0.3, 0.4) is 0 Å². The highest BCUT2D eigenvalue weighted by molar-refractivity contribution is 5.87. The predicted molar refractivity (Wildman–Crippen MR) is 138 cm³/mol. The molecule has 0 aliphatic heterocycles. The fraction of sp³-hybridized carbons (Fsp3) is 0.444. The Kier molecular flexibility index (Phi) is 5.57. The SMILES string of the molecule is CN(N)c1ncnc2c1ccn2C1CCC(CCc2ccc3ccc(NCC4CC4)nc3c2)C1. The molecule has 2 aliphatic rings. The van der Waals surface area contributed by atoms with Crippen molar-refractivity contribution < 1.29 is 0 Å². The standard InChI is InChI=1S/C27H33N7/c1-33(28)26-23-12-13-34(27(23)31-17-30-26)22-10-7-18(14-22)2-3-19-6-8-21-9-11-25(32-24(21)15-19)29-16-20-4-5-20/h6,8-9,11-13,15,17-18,20,22H,2-5,7,10,14,16,28H2,1H3,(H,29,32). The first-order valence-corrected chi connectivity index (χ1v) is 12.6. The van der Waals surface area contributed by atoms with Crippen molar-refractivity contribution in [2.75, 3.05) is 23.9 Å². The van der Waals surface area contributed by atoms with Gasteiger partial charge in [-0.25, -0.2) is 20.8 Å². The van der Waals surface area contributed by atoms with Crippen LogP contribution < -0.4 is 16.2 Å². The van der Waals surface area contributed by atoms with E-state index in [-0.39, 0.29) is 0 Å². The largest absolute Gasteiger partial charge is 0.370 e. The number of hydrogen-bond acceptors (Lipinski definition) is 6. The summed E-state index contributed by atoms with van der Waals surface area (Å²) in [7, 11) is 1.82. The zero-order valence-corrected chi connectivity index (χ0v) is 19.8. The number of aryl methyl sites for hydroxylation is 1. The number of benzene rings is 1. The number of pyridine rings is 1. The summed E-state index contributed by atoms with van der Waals surface area (Å²) in [5, 5.41) is 7.30. The smallest absolute Gasteiger partial charge is 0.155 e. The van der Waals surface area contributed by atoms with Gasteiger partial charge in [0.2, 0.25) is 0 Å². The second-order valence-corrected chi connectivity index (χ2v) is 10.2. The molecule has 2 unspecified atom stereocenters. The fourth-order valence-corrected chi connectivity index (χ4v) is 5.46. The molecule has 3 N–H and O–H groups in total. The highest BCUT2D eigenvalue weighted by Gasteiger charge is 2.27. The van der Waals surface area contributed by atoms with Crippen molar-refractivity contribution in [3.63, 3.8) is 0 Å². The minimum atomic E-state index is 0.492. The van der Waals surface area contributed by atoms with E-state index in [9.17, 15) is 0 Å². The quantitative estimate of drug-likeness (QED) is 0.284. The summed E-state index contributed by atoms with van der Waals surface area (Å²) in [4.78, 5) is 13.8. The molecule has 3 heterocycles. The zero-order valence-electron chi connectivity index (χ0n) is 19.8. The van der Waals surface area contributed by atoms with Crippen LogP contribution in [0.2, 0.25) is 0 Å². The third kappa shape index (κ3) is 4.32. The molecule has 0 spiro atoms. The summed E-state index contributed by atoms with van der Waals surface area (Å²) >= 11 is 0. The van der Waals surface area contributed by atoms with Gasteiger partial charge in [-0.05, 0) is 86.6 Å². The molecule has 2 aliphatic carbocycles. The molecule has 2 saturated carbocycles. The van der Waals surface area contributed by atoms with Crippen LogP contribution >= 0.6 is 0 Å². The molecule has 7 nitrogen and oxygen atoms in total. The number of nitrogens with two attached hydrogens (primary N) is 1. The van der Waals surface area contributed by atoms with Gasteiger partial charge in [-0.3, -0.25) is 5.01 Å². The average Bonchev–Trinajstić information content (AvgIpc) is 3.39. The van der Waals surface area contributed by atoms with Gasteiger partial charge in [0.05, 0.1) is 10.9 Å². The number of nitrogens with zero attached hydrogens (tertiary/aromatic N) is 5. The van der Waals surface area contributed by atoms with Crippen molar-refractivity contribution in [2.24, 2.45) is 17.7 Å². The van der Waals surface area contributed by atoms with E-state index in [1.807, 2.05) is 7.05 Å². The molecule has 7 heteroatoms. The summed E-state index contributed by atoms with van der Waals surface area (Å²) in [6, 6.07) is 13.6. The second kappa shape index (κ2) is 8.87. The van der Waals surface area contributed by atoms with Crippen LogP contribution in [0.1, 0.15) is 50.1 Å². The molecule has 0 saturated heterocycles. The molecular weight excluding hydrogens is 422 g/mol. The molecule has 6 rings (SSSR count). The monoisotopic (exact) mass is 455 g/mol. The minimum absolute atomic E-state index is 0.492. The Morgan fingerprint density at radius 3 is 2.76 bits per heavy atom. The Labute approximate surface area is 200 Å². The van der Waals surface area contributed by atoms with Crippen molar-refractivity contribution in [3.8, 4) is 0 Å². The van der Waals surface area contributed by atoms with Crippen molar-refractivity contribution in [2.45, 2.75) is 51.0 Å². The highest BCUT2D eigenvalue weighted by Crippen LogP contribution is 2.39. The Morgan fingerprint density at radius 2 is 1.91 bits per heavy atom. The predicted octanol–water partition coefficient (Wildman–Crippen LogP) is 5.09. The van der Waals surface area contributed by atoms with Gasteiger partial charge >= 0.3 is 0 Å². The average molecular weight is 456 g/mol. The molecule has 0 amide bonds. The van der Waals surface area contributed by atoms with Crippen LogP contribution in [-0.2, 0) is 6.42 Å². The van der Waals surface area contributed by atoms with Gasteiger partial charge in [0, 0.05) is 31.2 Å². The summed E-state index contributed by atoms with van der Waals surface area (Å²) in [5.41, 5.74) is 3.47. The first kappa shape index (κ1) is 21.4. The third-order valence-electron chi connectivity index (χ3n) is 7.60. The van der Waals surface area contributed by atoms with Crippen molar-refractivity contribution >= 4 is 33.6 Å². The van der Waals surface area contributed by atoms with Gasteiger partial charge < -0.3 is 9.88 Å². The number of aromatic nitrogens is 4. The van der Waals surface area contributed by atoms with Crippen LogP contribution in [0.5, 0.6) is 0 Å². The van der Waals surface area contributed by atoms with Crippen LogP contribution in [-0.4, -0.2) is 33.1 Å². The Balaban J connectivity index is 1.10. The fourth-order valence-electron chi connectivity index (χ4n) is 5.46. The number of nitrogens with one attached hydrogen (secondary N) is 1. The topological polar surface area (TPSA) is 84.9 Å². The first-order chi connectivity index (χ1) is 16.6. The van der Waals surface area contributed by atoms with Crippen molar-refractivity contribution in [3.05, 3.63) is 54.5 Å². The van der Waals surface area contributed by atoms with Gasteiger partial charge in [-0.1, -0.05) is 12.1 Å². The molecule has 0 radical (unpaired) electrons. The lowest BCUT2D eigenvalue weighted by Gasteiger charge is -2.16. The summed E-state index contributed by atoms with van der Waals surface area (Å²) in [6.45, 7) is 1.05. The molecule has 1 aromatic carbocycles. The maximum Gasteiger partial charge on any atom is 0.155 e. The molecule has 2 atom stereocenters.